The number of nitrogens with one attached hydrogen (secondary N) is 2. The quantitative estimate of drug-likeness (QED) is 0.574. The Hall–Kier alpha value is -2.89. The maximum absolute atomic E-state index is 12.2. The number of hydrogen-bond donors (Lipinski definition) is 2. The Labute approximate surface area is 199 Å². The molecule has 5 nitrogen and oxygen atoms in total. The van der Waals surface area contributed by atoms with E-state index in [2.05, 4.69) is 41.0 Å². The predicted octanol–water partition coefficient (Wildman–Crippen LogP) is 4.25. The van der Waals surface area contributed by atoms with Crippen LogP contribution in [0.1, 0.15) is 41.9 Å². The second kappa shape index (κ2) is 10.4. The molecule has 1 aromatic heterocycles. The van der Waals surface area contributed by atoms with Crippen LogP contribution in [0.2, 0.25) is 5.02 Å². The molecule has 2 aromatic carbocycles. The number of halogens is 1. The molecule has 1 unspecified atom stereocenters. The predicted molar refractivity (Wildman–Crippen MR) is 134 cm³/mol. The third-order valence-electron chi connectivity index (χ3n) is 6.54. The SMILES string of the molecule is CC(=O)NCCc1ccccc1-c1ccc(C2CNCC[C@@H]2c2ccn(C)c(=O)c2)c(Cl)c1. The van der Waals surface area contributed by atoms with E-state index < -0.39 is 0 Å². The first-order valence-corrected chi connectivity index (χ1v) is 11.8. The van der Waals surface area contributed by atoms with Crippen LogP contribution in [-0.2, 0) is 18.3 Å². The molecule has 0 saturated carbocycles. The number of amides is 1. The van der Waals surface area contributed by atoms with Gasteiger partial charge in [-0.15, -0.1) is 0 Å². The summed E-state index contributed by atoms with van der Waals surface area (Å²) in [7, 11) is 1.77. The smallest absolute Gasteiger partial charge is 0.250 e. The molecule has 172 valence electrons. The Bertz CT molecular complexity index is 1200. The van der Waals surface area contributed by atoms with Crippen LogP contribution in [0.3, 0.4) is 0 Å². The van der Waals surface area contributed by atoms with E-state index in [4.69, 9.17) is 11.6 Å². The van der Waals surface area contributed by atoms with Crippen LogP contribution in [0, 0.1) is 0 Å². The molecule has 6 heteroatoms. The maximum atomic E-state index is 12.2. The second-order valence-electron chi connectivity index (χ2n) is 8.74. The number of rotatable bonds is 6. The van der Waals surface area contributed by atoms with Gasteiger partial charge < -0.3 is 15.2 Å². The van der Waals surface area contributed by atoms with Gasteiger partial charge in [-0.3, -0.25) is 9.59 Å². The number of aromatic nitrogens is 1. The summed E-state index contributed by atoms with van der Waals surface area (Å²) in [6, 6.07) is 18.4. The number of piperidine rings is 1. The summed E-state index contributed by atoms with van der Waals surface area (Å²) >= 11 is 6.87. The van der Waals surface area contributed by atoms with Crippen LogP contribution >= 0.6 is 11.6 Å². The van der Waals surface area contributed by atoms with Crippen LogP contribution in [0.25, 0.3) is 11.1 Å². The van der Waals surface area contributed by atoms with Crippen molar-refractivity contribution in [1.82, 2.24) is 15.2 Å². The van der Waals surface area contributed by atoms with Crippen molar-refractivity contribution in [2.45, 2.75) is 31.6 Å². The Morgan fingerprint density at radius 3 is 2.73 bits per heavy atom. The Morgan fingerprint density at radius 2 is 1.97 bits per heavy atom. The molecule has 0 radical (unpaired) electrons. The molecule has 1 aliphatic heterocycles. The second-order valence-corrected chi connectivity index (χ2v) is 9.15. The van der Waals surface area contributed by atoms with Crippen molar-refractivity contribution in [3.05, 3.63) is 92.9 Å². The van der Waals surface area contributed by atoms with E-state index in [0.29, 0.717) is 6.54 Å². The molecule has 33 heavy (non-hydrogen) atoms. The van der Waals surface area contributed by atoms with Crippen molar-refractivity contribution in [1.29, 1.82) is 0 Å². The molecule has 2 N–H and O–H groups in total. The zero-order chi connectivity index (χ0) is 23.4. The van der Waals surface area contributed by atoms with Gasteiger partial charge in [0, 0.05) is 50.3 Å². The Balaban J connectivity index is 1.63. The number of hydrogen-bond acceptors (Lipinski definition) is 3. The minimum Gasteiger partial charge on any atom is -0.356 e. The number of carbonyl (C=O) groups excluding carboxylic acids is 1. The highest BCUT2D eigenvalue weighted by molar-refractivity contribution is 6.31. The van der Waals surface area contributed by atoms with Gasteiger partial charge in [0.1, 0.15) is 0 Å². The first-order valence-electron chi connectivity index (χ1n) is 11.4. The van der Waals surface area contributed by atoms with Crippen LogP contribution < -0.4 is 16.2 Å². The van der Waals surface area contributed by atoms with E-state index in [9.17, 15) is 9.59 Å². The lowest BCUT2D eigenvalue weighted by molar-refractivity contribution is -0.118. The van der Waals surface area contributed by atoms with E-state index in [1.807, 2.05) is 24.4 Å². The van der Waals surface area contributed by atoms with Gasteiger partial charge in [0.2, 0.25) is 5.91 Å². The van der Waals surface area contributed by atoms with Crippen molar-refractivity contribution < 1.29 is 4.79 Å². The summed E-state index contributed by atoms with van der Waals surface area (Å²) in [6.07, 6.45) is 3.56. The van der Waals surface area contributed by atoms with Crippen LogP contribution in [-0.4, -0.2) is 30.1 Å². The summed E-state index contributed by atoms with van der Waals surface area (Å²) in [6.45, 7) is 3.88. The van der Waals surface area contributed by atoms with Crippen LogP contribution in [0.15, 0.2) is 65.6 Å². The zero-order valence-electron chi connectivity index (χ0n) is 19.1. The molecular weight excluding hydrogens is 434 g/mol. The molecule has 0 aliphatic carbocycles. The highest BCUT2D eigenvalue weighted by Gasteiger charge is 2.29. The Morgan fingerprint density at radius 1 is 1.15 bits per heavy atom. The van der Waals surface area contributed by atoms with Crippen molar-refractivity contribution in [2.75, 3.05) is 19.6 Å². The maximum Gasteiger partial charge on any atom is 0.250 e. The fourth-order valence-corrected chi connectivity index (χ4v) is 5.09. The van der Waals surface area contributed by atoms with E-state index in [0.717, 1.165) is 53.2 Å². The van der Waals surface area contributed by atoms with Crippen molar-refractivity contribution in [3.8, 4) is 11.1 Å². The molecule has 1 amide bonds. The molecule has 1 aliphatic rings. The third-order valence-corrected chi connectivity index (χ3v) is 6.86. The van der Waals surface area contributed by atoms with Gasteiger partial charge in [-0.1, -0.05) is 48.0 Å². The van der Waals surface area contributed by atoms with Gasteiger partial charge in [0.25, 0.3) is 5.56 Å². The van der Waals surface area contributed by atoms with Crippen LogP contribution in [0.4, 0.5) is 0 Å². The number of aryl methyl sites for hydroxylation is 1. The zero-order valence-corrected chi connectivity index (χ0v) is 19.9. The van der Waals surface area contributed by atoms with Crippen molar-refractivity contribution >= 4 is 17.5 Å². The number of pyridine rings is 1. The van der Waals surface area contributed by atoms with Crippen molar-refractivity contribution in [3.63, 3.8) is 0 Å². The summed E-state index contributed by atoms with van der Waals surface area (Å²) in [5, 5.41) is 7.11. The number of carbonyl (C=O) groups is 1. The molecule has 3 aromatic rings. The number of nitrogens with zero attached hydrogens (tertiary/aromatic N) is 1. The van der Waals surface area contributed by atoms with E-state index in [1.54, 1.807) is 17.7 Å². The van der Waals surface area contributed by atoms with Crippen LogP contribution in [0.5, 0.6) is 0 Å². The topological polar surface area (TPSA) is 63.1 Å². The fraction of sp³-hybridized carbons (Fsp3) is 0.333. The number of benzene rings is 2. The minimum absolute atomic E-state index is 0.0158. The van der Waals surface area contributed by atoms with Crippen molar-refractivity contribution in [2.24, 2.45) is 7.05 Å². The summed E-state index contributed by atoms with van der Waals surface area (Å²) in [4.78, 5) is 23.5. The van der Waals surface area contributed by atoms with Gasteiger partial charge in [-0.05, 0) is 65.3 Å². The van der Waals surface area contributed by atoms with Gasteiger partial charge in [0.05, 0.1) is 0 Å². The summed E-state index contributed by atoms with van der Waals surface area (Å²) in [5.74, 6) is 0.419. The molecule has 4 rings (SSSR count). The lowest BCUT2D eigenvalue weighted by atomic mass is 9.77. The third kappa shape index (κ3) is 5.37. The highest BCUT2D eigenvalue weighted by atomic mass is 35.5. The average molecular weight is 464 g/mol. The average Bonchev–Trinajstić information content (AvgIpc) is 2.81. The Kier molecular flexibility index (Phi) is 7.31. The molecule has 2 heterocycles. The van der Waals surface area contributed by atoms with Gasteiger partial charge >= 0.3 is 0 Å². The molecule has 1 fully saturated rings. The van der Waals surface area contributed by atoms with Gasteiger partial charge in [-0.25, -0.2) is 0 Å². The summed E-state index contributed by atoms with van der Waals surface area (Å²) in [5.41, 5.74) is 5.56. The summed E-state index contributed by atoms with van der Waals surface area (Å²) < 4.78 is 1.60. The van der Waals surface area contributed by atoms with Gasteiger partial charge in [-0.2, -0.15) is 0 Å². The first kappa shape index (κ1) is 23.3. The molecule has 0 bridgehead atoms. The first-order chi connectivity index (χ1) is 15.9. The monoisotopic (exact) mass is 463 g/mol. The van der Waals surface area contributed by atoms with E-state index in [-0.39, 0.29) is 23.3 Å². The minimum atomic E-state index is -0.0215. The van der Waals surface area contributed by atoms with E-state index >= 15 is 0 Å². The normalized spacial score (nSPS) is 18.2. The lowest BCUT2D eigenvalue weighted by Gasteiger charge is -2.33. The fourth-order valence-electron chi connectivity index (χ4n) is 4.77. The van der Waals surface area contributed by atoms with E-state index in [1.165, 1.54) is 12.5 Å². The molecular formula is C27H30ClN3O2. The molecule has 1 saturated heterocycles. The highest BCUT2D eigenvalue weighted by Crippen LogP contribution is 2.41. The standard InChI is InChI=1S/C27H30ClN3O2/c1-18(32)30-13-9-19-5-3-4-6-22(19)20-7-8-24(26(28)15-20)25-17-29-12-10-23(25)21-11-14-31(2)27(33)16-21/h3-8,11,14-16,23,25,29H,9-10,12-13,17H2,1-2H3,(H,30,32)/t23-,25?/m1/s1. The largest absolute Gasteiger partial charge is 0.356 e. The lowest BCUT2D eigenvalue weighted by Crippen LogP contribution is -2.34. The molecule has 2 atom stereocenters. The molecule has 0 spiro atoms. The van der Waals surface area contributed by atoms with Gasteiger partial charge in [0.15, 0.2) is 0 Å².